The van der Waals surface area contributed by atoms with Crippen LogP contribution >= 0.6 is 0 Å². The number of rotatable bonds is 3. The van der Waals surface area contributed by atoms with Crippen molar-refractivity contribution < 1.29 is 38.8 Å². The summed E-state index contributed by atoms with van der Waals surface area (Å²) < 4.78 is 15.4. The fraction of sp³-hybridized carbons (Fsp3) is 0.227. The van der Waals surface area contributed by atoms with E-state index in [1.54, 1.807) is 37.3 Å². The number of phenols is 2. The number of esters is 3. The van der Waals surface area contributed by atoms with Crippen molar-refractivity contribution in [2.75, 3.05) is 6.61 Å². The zero-order chi connectivity index (χ0) is 21.6. The van der Waals surface area contributed by atoms with E-state index in [4.69, 9.17) is 14.2 Å². The summed E-state index contributed by atoms with van der Waals surface area (Å²) in [6.07, 6.45) is -1.45. The number of hydrogen-bond donors (Lipinski definition) is 2. The molecule has 3 aromatic carbocycles. The first-order valence-electron chi connectivity index (χ1n) is 9.31. The minimum atomic E-state index is -1.26. The molecule has 154 valence electrons. The zero-order valence-corrected chi connectivity index (χ0v) is 16.2. The Morgan fingerprint density at radius 2 is 1.90 bits per heavy atom. The third-order valence-corrected chi connectivity index (χ3v) is 4.96. The molecule has 1 aliphatic heterocycles. The molecule has 1 aliphatic rings. The normalized spacial score (nSPS) is 15.5. The Labute approximate surface area is 170 Å². The van der Waals surface area contributed by atoms with Gasteiger partial charge in [0.2, 0.25) is 6.10 Å². The van der Waals surface area contributed by atoms with E-state index in [-0.39, 0.29) is 46.4 Å². The molecule has 30 heavy (non-hydrogen) atoms. The molecular weight excluding hydrogens is 392 g/mol. The third-order valence-electron chi connectivity index (χ3n) is 4.96. The van der Waals surface area contributed by atoms with Crippen molar-refractivity contribution in [1.29, 1.82) is 0 Å². The van der Waals surface area contributed by atoms with Crippen LogP contribution in [0.2, 0.25) is 0 Å². The Morgan fingerprint density at radius 3 is 2.60 bits per heavy atom. The maximum absolute atomic E-state index is 12.6. The van der Waals surface area contributed by atoms with Crippen molar-refractivity contribution >= 4 is 39.5 Å². The lowest BCUT2D eigenvalue weighted by molar-refractivity contribution is -0.153. The van der Waals surface area contributed by atoms with Crippen LogP contribution in [-0.2, 0) is 25.5 Å². The van der Waals surface area contributed by atoms with E-state index in [0.717, 1.165) is 0 Å². The Balaban J connectivity index is 2.05. The summed E-state index contributed by atoms with van der Waals surface area (Å²) in [5.41, 5.74) is -0.206. The average molecular weight is 410 g/mol. The fourth-order valence-electron chi connectivity index (χ4n) is 3.73. The molecule has 0 bridgehead atoms. The summed E-state index contributed by atoms with van der Waals surface area (Å²) in [6.45, 7) is 2.93. The second-order valence-electron chi connectivity index (χ2n) is 6.84. The van der Waals surface area contributed by atoms with Gasteiger partial charge in [0, 0.05) is 29.7 Å². The SMILES string of the molecule is CCOC(=O)C1Cc2c(c(O)c3cc4ccccc4c(OC(C)=O)c3c2O)C(=O)O1. The lowest BCUT2D eigenvalue weighted by atomic mass is 9.90. The van der Waals surface area contributed by atoms with E-state index in [1.165, 1.54) is 6.92 Å². The quantitative estimate of drug-likeness (QED) is 0.293. The third kappa shape index (κ3) is 2.97. The molecule has 8 nitrogen and oxygen atoms in total. The van der Waals surface area contributed by atoms with Gasteiger partial charge in [0.05, 0.1) is 12.0 Å². The minimum Gasteiger partial charge on any atom is -0.507 e. The predicted octanol–water partition coefficient (Wildman–Crippen LogP) is 2.97. The van der Waals surface area contributed by atoms with E-state index >= 15 is 0 Å². The Hall–Kier alpha value is -3.81. The van der Waals surface area contributed by atoms with Crippen LogP contribution in [-0.4, -0.2) is 40.8 Å². The van der Waals surface area contributed by atoms with Crippen molar-refractivity contribution in [2.45, 2.75) is 26.4 Å². The monoisotopic (exact) mass is 410 g/mol. The van der Waals surface area contributed by atoms with Gasteiger partial charge in [0.25, 0.3) is 0 Å². The van der Waals surface area contributed by atoms with Crippen LogP contribution in [0.3, 0.4) is 0 Å². The van der Waals surface area contributed by atoms with Crippen molar-refractivity contribution in [1.82, 2.24) is 0 Å². The second-order valence-corrected chi connectivity index (χ2v) is 6.84. The number of hydrogen-bond acceptors (Lipinski definition) is 8. The number of phenolic OH excluding ortho intramolecular Hbond substituents is 2. The van der Waals surface area contributed by atoms with E-state index in [9.17, 15) is 24.6 Å². The number of ether oxygens (including phenoxy) is 3. The lowest BCUT2D eigenvalue weighted by Gasteiger charge is -2.26. The van der Waals surface area contributed by atoms with E-state index in [1.807, 2.05) is 0 Å². The molecule has 2 N–H and O–H groups in total. The molecule has 3 aromatic rings. The van der Waals surface area contributed by atoms with E-state index < -0.39 is 29.8 Å². The molecule has 0 spiro atoms. The van der Waals surface area contributed by atoms with Crippen LogP contribution in [0, 0.1) is 0 Å². The summed E-state index contributed by atoms with van der Waals surface area (Å²) in [7, 11) is 0. The van der Waals surface area contributed by atoms with Gasteiger partial charge in [-0.3, -0.25) is 4.79 Å². The first-order chi connectivity index (χ1) is 14.3. The maximum atomic E-state index is 12.6. The van der Waals surface area contributed by atoms with Crippen molar-refractivity contribution in [2.24, 2.45) is 0 Å². The summed E-state index contributed by atoms with van der Waals surface area (Å²) in [5, 5.41) is 23.3. The van der Waals surface area contributed by atoms with Gasteiger partial charge in [0.15, 0.2) is 0 Å². The van der Waals surface area contributed by atoms with Crippen molar-refractivity contribution in [3.63, 3.8) is 0 Å². The minimum absolute atomic E-state index is 0.0259. The highest BCUT2D eigenvalue weighted by Gasteiger charge is 2.38. The number of cyclic esters (lactones) is 1. The topological polar surface area (TPSA) is 119 Å². The predicted molar refractivity (Wildman–Crippen MR) is 106 cm³/mol. The van der Waals surface area contributed by atoms with Gasteiger partial charge in [-0.2, -0.15) is 0 Å². The van der Waals surface area contributed by atoms with Crippen molar-refractivity contribution in [3.05, 3.63) is 41.5 Å². The molecule has 1 unspecified atom stereocenters. The number of carbonyl (C=O) groups is 3. The number of aromatic hydroxyl groups is 2. The molecule has 4 rings (SSSR count). The van der Waals surface area contributed by atoms with Gasteiger partial charge < -0.3 is 24.4 Å². The largest absolute Gasteiger partial charge is 0.507 e. The lowest BCUT2D eigenvalue weighted by Crippen LogP contribution is -2.35. The first kappa shape index (κ1) is 19.5. The molecule has 0 saturated carbocycles. The molecule has 0 fully saturated rings. The smallest absolute Gasteiger partial charge is 0.347 e. The molecule has 0 aromatic heterocycles. The zero-order valence-electron chi connectivity index (χ0n) is 16.2. The Kier molecular flexibility index (Phi) is 4.69. The number of benzene rings is 3. The Morgan fingerprint density at radius 1 is 1.17 bits per heavy atom. The van der Waals surface area contributed by atoms with Crippen molar-refractivity contribution in [3.8, 4) is 17.2 Å². The first-order valence-corrected chi connectivity index (χ1v) is 9.31. The van der Waals surface area contributed by atoms with Gasteiger partial charge >= 0.3 is 17.9 Å². The highest BCUT2D eigenvalue weighted by Crippen LogP contribution is 2.48. The Bertz CT molecular complexity index is 1230. The van der Waals surface area contributed by atoms with Crippen LogP contribution in [0.15, 0.2) is 30.3 Å². The molecule has 8 heteroatoms. The van der Waals surface area contributed by atoms with Gasteiger partial charge in [-0.05, 0) is 18.4 Å². The van der Waals surface area contributed by atoms with Gasteiger partial charge in [-0.15, -0.1) is 0 Å². The second kappa shape index (κ2) is 7.22. The standard InChI is InChI=1S/C22H18O8/c1-3-28-21(26)15-9-14-17(22(27)30-15)19(25)13-8-11-6-4-5-7-12(11)20(29-10(2)23)16(13)18(14)24/h4-8,15,24-25H,3,9H2,1-2H3. The highest BCUT2D eigenvalue weighted by atomic mass is 16.6. The summed E-state index contributed by atoms with van der Waals surface area (Å²) >= 11 is 0. The van der Waals surface area contributed by atoms with Crippen LogP contribution in [0.5, 0.6) is 17.2 Å². The van der Waals surface area contributed by atoms with Crippen LogP contribution in [0.25, 0.3) is 21.5 Å². The van der Waals surface area contributed by atoms with E-state index in [2.05, 4.69) is 0 Å². The summed E-state index contributed by atoms with van der Waals surface area (Å²) in [4.78, 5) is 36.4. The molecule has 0 radical (unpaired) electrons. The molecule has 1 heterocycles. The molecule has 0 saturated heterocycles. The van der Waals surface area contributed by atoms with Gasteiger partial charge in [-0.1, -0.05) is 24.3 Å². The molecular formula is C22H18O8. The summed E-state index contributed by atoms with van der Waals surface area (Å²) in [5.74, 6) is -3.07. The maximum Gasteiger partial charge on any atom is 0.347 e. The molecule has 1 atom stereocenters. The molecule has 0 amide bonds. The van der Waals surface area contributed by atoms with Gasteiger partial charge in [-0.25, -0.2) is 9.59 Å². The molecule has 0 aliphatic carbocycles. The van der Waals surface area contributed by atoms with Crippen LogP contribution in [0.4, 0.5) is 0 Å². The van der Waals surface area contributed by atoms with Crippen LogP contribution < -0.4 is 4.74 Å². The van der Waals surface area contributed by atoms with Crippen LogP contribution in [0.1, 0.15) is 29.8 Å². The highest BCUT2D eigenvalue weighted by molar-refractivity contribution is 6.15. The summed E-state index contributed by atoms with van der Waals surface area (Å²) in [6, 6.07) is 8.53. The number of fused-ring (bicyclic) bond motifs is 3. The van der Waals surface area contributed by atoms with E-state index in [0.29, 0.717) is 10.8 Å². The fourth-order valence-corrected chi connectivity index (χ4v) is 3.73. The van der Waals surface area contributed by atoms with Gasteiger partial charge in [0.1, 0.15) is 22.8 Å². The average Bonchev–Trinajstić information content (AvgIpc) is 2.71. The number of carbonyl (C=O) groups excluding carboxylic acids is 3.